The molecule has 0 N–H and O–H groups in total. The van der Waals surface area contributed by atoms with E-state index in [1.54, 1.807) is 0 Å². The minimum Gasteiger partial charge on any atom is -0.367 e. The van der Waals surface area contributed by atoms with Crippen molar-refractivity contribution in [2.24, 2.45) is 15.8 Å². The summed E-state index contributed by atoms with van der Waals surface area (Å²) in [6.45, 7) is 5.62. The van der Waals surface area contributed by atoms with Gasteiger partial charge in [-0.1, -0.05) is 77.4 Å². The molecule has 194 valence electrons. The highest BCUT2D eigenvalue weighted by molar-refractivity contribution is 7.80. The molecule has 3 heterocycles. The smallest absolute Gasteiger partial charge is 0.141 e. The number of rotatable bonds is 3. The molecule has 3 aromatic carbocycles. The fourth-order valence-corrected chi connectivity index (χ4v) is 6.97. The maximum atomic E-state index is 11.1. The van der Waals surface area contributed by atoms with E-state index in [2.05, 4.69) is 53.1 Å². The third kappa shape index (κ3) is 3.80. The number of amidine groups is 1. The van der Waals surface area contributed by atoms with Gasteiger partial charge in [0.2, 0.25) is 0 Å². The van der Waals surface area contributed by atoms with E-state index >= 15 is 0 Å². The van der Waals surface area contributed by atoms with Gasteiger partial charge in [0, 0.05) is 35.4 Å². The molecule has 3 atom stereocenters. The molecule has 0 amide bonds. The Labute approximate surface area is 239 Å². The molecule has 2 saturated heterocycles. The molecule has 2 bridgehead atoms. The first kappa shape index (κ1) is 25.4. The van der Waals surface area contributed by atoms with Crippen LogP contribution in [0.15, 0.2) is 77.8 Å². The number of aliphatic imine (C=N–C) groups is 1. The summed E-state index contributed by atoms with van der Waals surface area (Å²) in [6, 6.07) is 29.3. The number of piperidine rings is 2. The first-order valence-electron chi connectivity index (χ1n) is 12.9. The van der Waals surface area contributed by atoms with Gasteiger partial charge >= 0.3 is 0 Å². The van der Waals surface area contributed by atoms with Crippen LogP contribution < -0.4 is 9.80 Å². The number of nitrogens with zero attached hydrogens (tertiary/aromatic N) is 6. The Hall–Kier alpha value is -3.91. The molecule has 3 aliphatic rings. The zero-order valence-electron chi connectivity index (χ0n) is 21.8. The fraction of sp³-hybridized carbons (Fsp3) is 0.290. The number of anilines is 2. The van der Waals surface area contributed by atoms with E-state index < -0.39 is 16.7 Å². The van der Waals surface area contributed by atoms with Gasteiger partial charge in [-0.25, -0.2) is 4.99 Å². The first-order valence-corrected chi connectivity index (χ1v) is 13.7. The summed E-state index contributed by atoms with van der Waals surface area (Å²) in [5, 5.41) is 22.6. The van der Waals surface area contributed by atoms with Gasteiger partial charge < -0.3 is 14.7 Å². The van der Waals surface area contributed by atoms with Gasteiger partial charge in [0.25, 0.3) is 0 Å². The lowest BCUT2D eigenvalue weighted by Crippen LogP contribution is -2.73. The Morgan fingerprint density at radius 2 is 1.41 bits per heavy atom. The summed E-state index contributed by atoms with van der Waals surface area (Å²) in [5.74, 6) is 0.0507. The van der Waals surface area contributed by atoms with E-state index in [0.29, 0.717) is 42.3 Å². The molecule has 6 nitrogen and oxygen atoms in total. The summed E-state index contributed by atoms with van der Waals surface area (Å²) in [6.07, 6.45) is 0. The number of halogens is 1. The largest absolute Gasteiger partial charge is 0.367 e. The minimum atomic E-state index is -1.19. The lowest BCUT2D eigenvalue weighted by molar-refractivity contribution is 0.206. The maximum Gasteiger partial charge on any atom is 0.141 e. The van der Waals surface area contributed by atoms with E-state index in [9.17, 15) is 10.5 Å². The highest BCUT2D eigenvalue weighted by atomic mass is 35.5. The van der Waals surface area contributed by atoms with Crippen molar-refractivity contribution in [3.8, 4) is 12.1 Å². The van der Waals surface area contributed by atoms with Crippen molar-refractivity contribution in [1.29, 1.82) is 10.5 Å². The summed E-state index contributed by atoms with van der Waals surface area (Å²) < 4.78 is 0. The second-order valence-electron chi connectivity index (χ2n) is 10.7. The van der Waals surface area contributed by atoms with Gasteiger partial charge in [0.05, 0.1) is 18.8 Å². The van der Waals surface area contributed by atoms with Gasteiger partial charge in [-0.2, -0.15) is 10.5 Å². The van der Waals surface area contributed by atoms with Crippen molar-refractivity contribution in [3.63, 3.8) is 0 Å². The van der Waals surface area contributed by atoms with Crippen molar-refractivity contribution in [2.75, 3.05) is 36.2 Å². The van der Waals surface area contributed by atoms with Gasteiger partial charge in [0.1, 0.15) is 28.3 Å². The SMILES string of the molecule is Cc1ccc(N2CN=C3N(C2)C(=S)[C@@]2(C#N)CN(c4ccc(C)cc4)C[C@@]3(C#N)[C@H]2c2ccccc2Cl)cc1. The second kappa shape index (κ2) is 9.38. The maximum absolute atomic E-state index is 11.1. The Morgan fingerprint density at radius 1 is 0.846 bits per heavy atom. The molecule has 3 aliphatic heterocycles. The van der Waals surface area contributed by atoms with Gasteiger partial charge in [0.15, 0.2) is 0 Å². The van der Waals surface area contributed by atoms with E-state index in [1.165, 1.54) is 5.56 Å². The second-order valence-corrected chi connectivity index (χ2v) is 11.5. The lowest BCUT2D eigenvalue weighted by atomic mass is 9.53. The number of fused-ring (bicyclic) bond motifs is 4. The first-order chi connectivity index (χ1) is 18.8. The Kier molecular flexibility index (Phi) is 6.10. The molecule has 0 radical (unpaired) electrons. The number of aryl methyl sites for hydroxylation is 2. The molecule has 6 rings (SSSR count). The van der Waals surface area contributed by atoms with Crippen molar-refractivity contribution in [2.45, 2.75) is 19.8 Å². The predicted octanol–water partition coefficient (Wildman–Crippen LogP) is 6.06. The molecule has 8 heteroatoms. The lowest BCUT2D eigenvalue weighted by Gasteiger charge is -2.61. The molecule has 0 unspecified atom stereocenters. The van der Waals surface area contributed by atoms with Crippen molar-refractivity contribution in [3.05, 3.63) is 94.5 Å². The summed E-state index contributed by atoms with van der Waals surface area (Å²) in [4.78, 5) is 11.7. The van der Waals surface area contributed by atoms with Crippen LogP contribution in [0.2, 0.25) is 5.02 Å². The van der Waals surface area contributed by atoms with Crippen LogP contribution in [0.1, 0.15) is 22.6 Å². The van der Waals surface area contributed by atoms with E-state index in [4.69, 9.17) is 28.8 Å². The molecular weight excluding hydrogens is 524 g/mol. The highest BCUT2D eigenvalue weighted by Gasteiger charge is 2.68. The minimum absolute atomic E-state index is 0.346. The van der Waals surface area contributed by atoms with Crippen LogP contribution in [0, 0.1) is 47.3 Å². The molecule has 0 aliphatic carbocycles. The molecule has 0 saturated carbocycles. The van der Waals surface area contributed by atoms with Crippen LogP contribution in [-0.2, 0) is 0 Å². The van der Waals surface area contributed by atoms with E-state index in [0.717, 1.165) is 22.5 Å². The average Bonchev–Trinajstić information content (AvgIpc) is 2.96. The third-order valence-corrected chi connectivity index (χ3v) is 9.19. The van der Waals surface area contributed by atoms with Crippen molar-refractivity contribution >= 4 is 46.0 Å². The quantitative estimate of drug-likeness (QED) is 0.369. The molecule has 3 aromatic rings. The number of benzene rings is 3. The Morgan fingerprint density at radius 3 is 2.00 bits per heavy atom. The van der Waals surface area contributed by atoms with Crippen LogP contribution in [0.5, 0.6) is 0 Å². The van der Waals surface area contributed by atoms with Crippen LogP contribution in [0.3, 0.4) is 0 Å². The molecule has 2 fully saturated rings. The average molecular weight is 551 g/mol. The van der Waals surface area contributed by atoms with Crippen molar-refractivity contribution in [1.82, 2.24) is 4.90 Å². The number of nitriles is 2. The molecular formula is C31H27ClN6S. The predicted molar refractivity (Wildman–Crippen MR) is 159 cm³/mol. The summed E-state index contributed by atoms with van der Waals surface area (Å²) in [7, 11) is 0. The van der Waals surface area contributed by atoms with Gasteiger partial charge in [-0.15, -0.1) is 0 Å². The summed E-state index contributed by atoms with van der Waals surface area (Å²) >= 11 is 13.0. The zero-order chi connectivity index (χ0) is 27.4. The fourth-order valence-electron chi connectivity index (χ4n) is 6.35. The Balaban J connectivity index is 1.55. The van der Waals surface area contributed by atoms with Crippen LogP contribution in [0.4, 0.5) is 11.4 Å². The highest BCUT2D eigenvalue weighted by Crippen LogP contribution is 2.59. The summed E-state index contributed by atoms with van der Waals surface area (Å²) in [5.41, 5.74) is 2.71. The van der Waals surface area contributed by atoms with Gasteiger partial charge in [-0.05, 0) is 49.7 Å². The van der Waals surface area contributed by atoms with E-state index in [1.807, 2.05) is 60.4 Å². The number of hydrogen-bond donors (Lipinski definition) is 0. The number of thiocarbonyl (C=S) groups is 1. The third-order valence-electron chi connectivity index (χ3n) is 8.26. The number of hydrogen-bond acceptors (Lipinski definition) is 6. The molecule has 0 spiro atoms. The van der Waals surface area contributed by atoms with Crippen LogP contribution >= 0.6 is 23.8 Å². The Bertz CT molecular complexity index is 1570. The molecule has 39 heavy (non-hydrogen) atoms. The van der Waals surface area contributed by atoms with Crippen LogP contribution in [-0.4, -0.2) is 42.2 Å². The zero-order valence-corrected chi connectivity index (χ0v) is 23.4. The standard InChI is InChI=1S/C31H27ClN6S/c1-21-7-11-23(12-8-21)36-17-30(15-33)27(25-5-3-4-6-26(25)32)31(16-34,18-36)29(39)38-20-37(19-35-28(30)38)24-13-9-22(2)10-14-24/h3-14,27H,17-20H2,1-2H3/t27-,30+,31+/m1/s1. The van der Waals surface area contributed by atoms with E-state index in [-0.39, 0.29) is 0 Å². The monoisotopic (exact) mass is 550 g/mol. The van der Waals surface area contributed by atoms with Gasteiger partial charge in [-0.3, -0.25) is 0 Å². The topological polar surface area (TPSA) is 69.7 Å². The normalized spacial score (nSPS) is 25.9. The van der Waals surface area contributed by atoms with Crippen molar-refractivity contribution < 1.29 is 0 Å². The van der Waals surface area contributed by atoms with Crippen LogP contribution in [0.25, 0.3) is 0 Å². The molecule has 0 aromatic heterocycles.